The summed E-state index contributed by atoms with van der Waals surface area (Å²) in [6.45, 7) is 2.19. The molecule has 1 heteroatoms. The molecule has 0 unspecified atom stereocenters. The number of hydrogen-bond acceptors (Lipinski definition) is 1. The van der Waals surface area contributed by atoms with E-state index in [1.54, 1.807) is 0 Å². The van der Waals surface area contributed by atoms with E-state index in [4.69, 9.17) is 5.11 Å². The number of benzene rings is 2. The third-order valence-electron chi connectivity index (χ3n) is 2.88. The summed E-state index contributed by atoms with van der Waals surface area (Å²) in [6.07, 6.45) is 3.66. The minimum Gasteiger partial charge on any atom is -0.507 e. The fraction of sp³-hybridized carbons (Fsp3) is 0.250. The molecule has 0 aromatic heterocycles. The maximum absolute atomic E-state index is 9.06. The molecule has 1 aromatic rings. The average Bonchev–Trinajstić information content (AvgIpc) is 2.82. The van der Waals surface area contributed by atoms with Crippen molar-refractivity contribution in [2.24, 2.45) is 0 Å². The highest BCUT2D eigenvalue weighted by atomic mass is 16.3. The Bertz CT molecular complexity index is 424. The van der Waals surface area contributed by atoms with Gasteiger partial charge >= 0.3 is 0 Å². The first-order chi connectivity index (χ1) is 8.33. The second kappa shape index (κ2) is 5.53. The van der Waals surface area contributed by atoms with Crippen LogP contribution in [0.25, 0.3) is 11.1 Å². The van der Waals surface area contributed by atoms with E-state index in [1.807, 2.05) is 36.4 Å². The van der Waals surface area contributed by atoms with Gasteiger partial charge in [0.2, 0.25) is 0 Å². The number of phenolic OH excluding ortho intramolecular Hbond substituents is 1. The molecule has 0 heterocycles. The minimum atomic E-state index is 0.519. The first-order valence-corrected chi connectivity index (χ1v) is 6.19. The second-order valence-corrected chi connectivity index (χ2v) is 4.30. The van der Waals surface area contributed by atoms with E-state index in [-0.39, 0.29) is 0 Å². The zero-order chi connectivity index (χ0) is 12.1. The molecule has 0 saturated heterocycles. The molecule has 0 spiro atoms. The molecule has 1 aromatic carbocycles. The number of unbranched alkanes of at least 4 members (excludes halogenated alkanes) is 1. The Morgan fingerprint density at radius 3 is 1.76 bits per heavy atom. The Hall–Kier alpha value is -1.76. The van der Waals surface area contributed by atoms with Gasteiger partial charge in [0.1, 0.15) is 5.75 Å². The number of aromatic hydroxyl groups is 1. The summed E-state index contributed by atoms with van der Waals surface area (Å²) in [7, 11) is 0. The van der Waals surface area contributed by atoms with Gasteiger partial charge in [-0.2, -0.15) is 0 Å². The van der Waals surface area contributed by atoms with Gasteiger partial charge in [-0.3, -0.25) is 0 Å². The van der Waals surface area contributed by atoms with Crippen molar-refractivity contribution in [1.29, 1.82) is 0 Å². The fourth-order valence-corrected chi connectivity index (χ4v) is 1.82. The van der Waals surface area contributed by atoms with E-state index in [1.165, 1.54) is 18.4 Å². The molecule has 2 aliphatic rings. The maximum atomic E-state index is 9.06. The lowest BCUT2D eigenvalue weighted by molar-refractivity contribution is 0.494. The summed E-state index contributed by atoms with van der Waals surface area (Å²) in [5.74, 6) is 0.519. The highest BCUT2D eigenvalue weighted by Gasteiger charge is 2.24. The largest absolute Gasteiger partial charge is 0.507 e. The van der Waals surface area contributed by atoms with E-state index in [9.17, 15) is 0 Å². The summed E-state index contributed by atoms with van der Waals surface area (Å²) >= 11 is 0. The molecule has 17 heavy (non-hydrogen) atoms. The van der Waals surface area contributed by atoms with E-state index in [0.717, 1.165) is 17.5 Å². The fourth-order valence-electron chi connectivity index (χ4n) is 1.82. The number of rotatable bonds is 3. The van der Waals surface area contributed by atoms with Gasteiger partial charge in [0.05, 0.1) is 0 Å². The Kier molecular flexibility index (Phi) is 3.81. The standard InChI is InChI=1S/C10H12O.C6H6/c1-2-3-4-7-5-8-9(6-7)10(8)11;1-2-4-6-5-3-1/h5-6,11H,2-4H2,1H3;1-6H. The molecule has 1 N–H and O–H groups in total. The zero-order valence-corrected chi connectivity index (χ0v) is 10.2. The van der Waals surface area contributed by atoms with Gasteiger partial charge in [0.25, 0.3) is 0 Å². The van der Waals surface area contributed by atoms with E-state index in [2.05, 4.69) is 19.1 Å². The Labute approximate surface area is 103 Å². The molecule has 88 valence electrons. The van der Waals surface area contributed by atoms with Crippen molar-refractivity contribution in [3.63, 3.8) is 0 Å². The van der Waals surface area contributed by atoms with Gasteiger partial charge in [0.15, 0.2) is 0 Å². The van der Waals surface area contributed by atoms with E-state index >= 15 is 0 Å². The molecule has 0 amide bonds. The van der Waals surface area contributed by atoms with Crippen molar-refractivity contribution < 1.29 is 5.11 Å². The molecule has 0 radical (unpaired) electrons. The zero-order valence-electron chi connectivity index (χ0n) is 10.2. The van der Waals surface area contributed by atoms with Crippen LogP contribution < -0.4 is 0 Å². The summed E-state index contributed by atoms with van der Waals surface area (Å²) < 4.78 is 0. The monoisotopic (exact) mass is 226 g/mol. The smallest absolute Gasteiger partial charge is 0.131 e. The lowest BCUT2D eigenvalue weighted by Crippen LogP contribution is -1.78. The topological polar surface area (TPSA) is 20.2 Å². The SMILES string of the molecule is CCCCc1cc2c(O)c-2c1.c1ccccc1. The van der Waals surface area contributed by atoms with Gasteiger partial charge < -0.3 is 5.11 Å². The van der Waals surface area contributed by atoms with Gasteiger partial charge in [-0.1, -0.05) is 49.7 Å². The van der Waals surface area contributed by atoms with Crippen LogP contribution in [0.2, 0.25) is 0 Å². The van der Waals surface area contributed by atoms with Crippen molar-refractivity contribution in [2.75, 3.05) is 0 Å². The van der Waals surface area contributed by atoms with Crippen LogP contribution in [-0.4, -0.2) is 5.11 Å². The molecular formula is C16H18O. The second-order valence-electron chi connectivity index (χ2n) is 4.30. The Morgan fingerprint density at radius 2 is 1.35 bits per heavy atom. The van der Waals surface area contributed by atoms with Crippen molar-refractivity contribution in [3.05, 3.63) is 54.1 Å². The van der Waals surface area contributed by atoms with Crippen LogP contribution >= 0.6 is 0 Å². The van der Waals surface area contributed by atoms with Gasteiger partial charge in [-0.15, -0.1) is 0 Å². The molecule has 1 nitrogen and oxygen atoms in total. The van der Waals surface area contributed by atoms with Gasteiger partial charge in [-0.05, 0) is 30.5 Å². The van der Waals surface area contributed by atoms with Crippen LogP contribution in [-0.2, 0) is 6.42 Å². The summed E-state index contributed by atoms with van der Waals surface area (Å²) in [6, 6.07) is 16.2. The van der Waals surface area contributed by atoms with Crippen LogP contribution in [0, 0.1) is 0 Å². The summed E-state index contributed by atoms with van der Waals surface area (Å²) in [5.41, 5.74) is 3.54. The molecular weight excluding hydrogens is 208 g/mol. The maximum Gasteiger partial charge on any atom is 0.131 e. The summed E-state index contributed by atoms with van der Waals surface area (Å²) in [4.78, 5) is 0. The van der Waals surface area contributed by atoms with Gasteiger partial charge in [-0.25, -0.2) is 0 Å². The number of aryl methyl sites for hydroxylation is 1. The highest BCUT2D eigenvalue weighted by Crippen LogP contribution is 2.51. The summed E-state index contributed by atoms with van der Waals surface area (Å²) in [5, 5.41) is 9.06. The molecule has 2 aliphatic carbocycles. The third-order valence-corrected chi connectivity index (χ3v) is 2.88. The third kappa shape index (κ3) is 3.10. The van der Waals surface area contributed by atoms with Crippen LogP contribution in [0.3, 0.4) is 0 Å². The van der Waals surface area contributed by atoms with Crippen molar-refractivity contribution in [3.8, 4) is 16.9 Å². The van der Waals surface area contributed by atoms with E-state index in [0.29, 0.717) is 5.75 Å². The van der Waals surface area contributed by atoms with Crippen LogP contribution in [0.1, 0.15) is 25.3 Å². The van der Waals surface area contributed by atoms with Crippen molar-refractivity contribution >= 4 is 0 Å². The normalized spacial score (nSPS) is 10.4. The first kappa shape index (κ1) is 11.7. The van der Waals surface area contributed by atoms with E-state index < -0.39 is 0 Å². The minimum absolute atomic E-state index is 0.519. The van der Waals surface area contributed by atoms with Crippen LogP contribution in [0.5, 0.6) is 5.75 Å². The molecule has 0 atom stereocenters. The predicted molar refractivity (Wildman–Crippen MR) is 72.2 cm³/mol. The molecule has 0 bridgehead atoms. The number of hydrogen-bond donors (Lipinski definition) is 1. The molecule has 0 fully saturated rings. The van der Waals surface area contributed by atoms with Crippen molar-refractivity contribution in [2.45, 2.75) is 26.2 Å². The lowest BCUT2D eigenvalue weighted by Gasteiger charge is -1.92. The number of fused-ring (bicyclic) bond motifs is 1. The lowest BCUT2D eigenvalue weighted by atomic mass is 10.1. The predicted octanol–water partition coefficient (Wildman–Crippen LogP) is 4.40. The quantitative estimate of drug-likeness (QED) is 0.701. The van der Waals surface area contributed by atoms with Crippen LogP contribution in [0.15, 0.2) is 48.5 Å². The highest BCUT2D eigenvalue weighted by molar-refractivity contribution is 5.95. The number of phenols is 1. The molecule has 3 rings (SSSR count). The molecule has 0 saturated carbocycles. The van der Waals surface area contributed by atoms with Crippen LogP contribution in [0.4, 0.5) is 0 Å². The Morgan fingerprint density at radius 1 is 0.882 bits per heavy atom. The first-order valence-electron chi connectivity index (χ1n) is 6.19. The van der Waals surface area contributed by atoms with Crippen molar-refractivity contribution in [1.82, 2.24) is 0 Å². The van der Waals surface area contributed by atoms with Gasteiger partial charge in [0, 0.05) is 11.1 Å². The molecule has 0 aliphatic heterocycles. The average molecular weight is 226 g/mol. The Balaban J connectivity index is 0.000000153.